The SMILES string of the molecule is Cc1cc(NCCN(C(C)C)C(C)C)nc(N)n1. The molecular formula is C13H25N5. The van der Waals surface area contributed by atoms with E-state index in [1.807, 2.05) is 13.0 Å². The third-order valence-electron chi connectivity index (χ3n) is 2.87. The summed E-state index contributed by atoms with van der Waals surface area (Å²) in [6.07, 6.45) is 0. The van der Waals surface area contributed by atoms with E-state index in [-0.39, 0.29) is 0 Å². The van der Waals surface area contributed by atoms with E-state index in [9.17, 15) is 0 Å². The van der Waals surface area contributed by atoms with Gasteiger partial charge in [0, 0.05) is 36.9 Å². The summed E-state index contributed by atoms with van der Waals surface area (Å²) < 4.78 is 0. The molecule has 5 heteroatoms. The van der Waals surface area contributed by atoms with Crippen LogP contribution in [-0.4, -0.2) is 40.0 Å². The molecule has 0 saturated carbocycles. The van der Waals surface area contributed by atoms with Crippen LogP contribution in [0.5, 0.6) is 0 Å². The van der Waals surface area contributed by atoms with Gasteiger partial charge in [0.05, 0.1) is 0 Å². The highest BCUT2D eigenvalue weighted by Gasteiger charge is 2.12. The summed E-state index contributed by atoms with van der Waals surface area (Å²) >= 11 is 0. The Hall–Kier alpha value is -1.36. The molecule has 102 valence electrons. The lowest BCUT2D eigenvalue weighted by molar-refractivity contribution is 0.182. The van der Waals surface area contributed by atoms with Crippen LogP contribution < -0.4 is 11.1 Å². The third kappa shape index (κ3) is 4.49. The molecule has 0 fully saturated rings. The molecule has 0 radical (unpaired) electrons. The lowest BCUT2D eigenvalue weighted by Gasteiger charge is -2.30. The van der Waals surface area contributed by atoms with Crippen molar-refractivity contribution in [3.05, 3.63) is 11.8 Å². The van der Waals surface area contributed by atoms with Gasteiger partial charge >= 0.3 is 0 Å². The number of nitrogens with zero attached hydrogens (tertiary/aromatic N) is 3. The van der Waals surface area contributed by atoms with Crippen LogP contribution >= 0.6 is 0 Å². The first kappa shape index (κ1) is 14.7. The van der Waals surface area contributed by atoms with Crippen LogP contribution in [0.25, 0.3) is 0 Å². The van der Waals surface area contributed by atoms with Gasteiger partial charge in [-0.2, -0.15) is 4.98 Å². The standard InChI is InChI=1S/C13H25N5/c1-9(2)18(10(3)4)7-6-15-12-8-11(5)16-13(14)17-12/h8-10H,6-7H2,1-5H3,(H3,14,15,16,17). The lowest BCUT2D eigenvalue weighted by atomic mass is 10.2. The second-order valence-electron chi connectivity index (χ2n) is 5.10. The van der Waals surface area contributed by atoms with Crippen molar-refractivity contribution in [3.63, 3.8) is 0 Å². The molecule has 1 rings (SSSR count). The first-order valence-electron chi connectivity index (χ1n) is 6.51. The van der Waals surface area contributed by atoms with E-state index in [0.29, 0.717) is 18.0 Å². The van der Waals surface area contributed by atoms with E-state index in [1.54, 1.807) is 0 Å². The van der Waals surface area contributed by atoms with E-state index in [4.69, 9.17) is 5.73 Å². The van der Waals surface area contributed by atoms with E-state index >= 15 is 0 Å². The zero-order valence-electron chi connectivity index (χ0n) is 12.1. The zero-order valence-corrected chi connectivity index (χ0v) is 12.1. The Morgan fingerprint density at radius 1 is 1.22 bits per heavy atom. The summed E-state index contributed by atoms with van der Waals surface area (Å²) in [6.45, 7) is 12.6. The molecule has 5 nitrogen and oxygen atoms in total. The molecule has 0 spiro atoms. The number of nitrogens with one attached hydrogen (secondary N) is 1. The average molecular weight is 251 g/mol. The van der Waals surface area contributed by atoms with Gasteiger partial charge < -0.3 is 11.1 Å². The largest absolute Gasteiger partial charge is 0.369 e. The van der Waals surface area contributed by atoms with Crippen molar-refractivity contribution in [1.82, 2.24) is 14.9 Å². The molecule has 0 aliphatic rings. The van der Waals surface area contributed by atoms with Crippen molar-refractivity contribution >= 4 is 11.8 Å². The molecular weight excluding hydrogens is 226 g/mol. The highest BCUT2D eigenvalue weighted by molar-refractivity contribution is 5.40. The van der Waals surface area contributed by atoms with Gasteiger partial charge in [-0.1, -0.05) is 0 Å². The Balaban J connectivity index is 2.50. The number of nitrogen functional groups attached to an aromatic ring is 1. The molecule has 1 aromatic heterocycles. The monoisotopic (exact) mass is 251 g/mol. The predicted molar refractivity (Wildman–Crippen MR) is 76.6 cm³/mol. The van der Waals surface area contributed by atoms with Crippen molar-refractivity contribution < 1.29 is 0 Å². The van der Waals surface area contributed by atoms with Crippen LogP contribution in [0.1, 0.15) is 33.4 Å². The highest BCUT2D eigenvalue weighted by atomic mass is 15.2. The first-order valence-corrected chi connectivity index (χ1v) is 6.51. The predicted octanol–water partition coefficient (Wildman–Crippen LogP) is 1.90. The van der Waals surface area contributed by atoms with Gasteiger partial charge in [0.15, 0.2) is 0 Å². The number of hydrogen-bond acceptors (Lipinski definition) is 5. The summed E-state index contributed by atoms with van der Waals surface area (Å²) in [7, 11) is 0. The number of nitrogens with two attached hydrogens (primary N) is 1. The fourth-order valence-electron chi connectivity index (χ4n) is 2.11. The minimum absolute atomic E-state index is 0.321. The van der Waals surface area contributed by atoms with Gasteiger partial charge in [-0.05, 0) is 34.6 Å². The van der Waals surface area contributed by atoms with E-state index in [0.717, 1.165) is 24.6 Å². The fraction of sp³-hybridized carbons (Fsp3) is 0.692. The first-order chi connectivity index (χ1) is 8.40. The van der Waals surface area contributed by atoms with E-state index in [1.165, 1.54) is 0 Å². The molecule has 1 heterocycles. The third-order valence-corrected chi connectivity index (χ3v) is 2.87. The van der Waals surface area contributed by atoms with Crippen LogP contribution in [-0.2, 0) is 0 Å². The maximum Gasteiger partial charge on any atom is 0.222 e. The molecule has 3 N–H and O–H groups in total. The highest BCUT2D eigenvalue weighted by Crippen LogP contribution is 2.08. The summed E-state index contributed by atoms with van der Waals surface area (Å²) in [5.74, 6) is 1.12. The van der Waals surface area contributed by atoms with Gasteiger partial charge in [0.1, 0.15) is 5.82 Å². The Morgan fingerprint density at radius 2 is 1.83 bits per heavy atom. The van der Waals surface area contributed by atoms with Crippen molar-refractivity contribution in [2.75, 3.05) is 24.1 Å². The van der Waals surface area contributed by atoms with Crippen molar-refractivity contribution in [1.29, 1.82) is 0 Å². The van der Waals surface area contributed by atoms with Gasteiger partial charge in [-0.15, -0.1) is 0 Å². The molecule has 0 aliphatic carbocycles. The maximum atomic E-state index is 5.61. The minimum Gasteiger partial charge on any atom is -0.369 e. The van der Waals surface area contributed by atoms with E-state index < -0.39 is 0 Å². The normalized spacial score (nSPS) is 11.6. The van der Waals surface area contributed by atoms with Gasteiger partial charge in [0.2, 0.25) is 5.95 Å². The molecule has 1 aromatic rings. The van der Waals surface area contributed by atoms with Crippen LogP contribution in [0.4, 0.5) is 11.8 Å². The summed E-state index contributed by atoms with van der Waals surface area (Å²) in [5.41, 5.74) is 6.50. The summed E-state index contributed by atoms with van der Waals surface area (Å²) in [5, 5.41) is 3.29. The van der Waals surface area contributed by atoms with Crippen molar-refractivity contribution in [2.24, 2.45) is 0 Å². The average Bonchev–Trinajstić information content (AvgIpc) is 2.21. The Bertz CT molecular complexity index is 347. The number of aromatic nitrogens is 2. The topological polar surface area (TPSA) is 67.1 Å². The van der Waals surface area contributed by atoms with Crippen LogP contribution in [0, 0.1) is 6.92 Å². The molecule has 0 bridgehead atoms. The number of rotatable bonds is 6. The fourth-order valence-corrected chi connectivity index (χ4v) is 2.11. The van der Waals surface area contributed by atoms with Gasteiger partial charge in [0.25, 0.3) is 0 Å². The number of anilines is 2. The summed E-state index contributed by atoms with van der Waals surface area (Å²) in [4.78, 5) is 10.6. The Morgan fingerprint density at radius 3 is 2.33 bits per heavy atom. The summed E-state index contributed by atoms with van der Waals surface area (Å²) in [6, 6.07) is 3.00. The van der Waals surface area contributed by atoms with E-state index in [2.05, 4.69) is 47.9 Å². The van der Waals surface area contributed by atoms with Crippen LogP contribution in [0.15, 0.2) is 6.07 Å². The molecule has 0 atom stereocenters. The zero-order chi connectivity index (χ0) is 13.7. The lowest BCUT2D eigenvalue weighted by Crippen LogP contribution is -2.40. The molecule has 0 amide bonds. The molecule has 18 heavy (non-hydrogen) atoms. The maximum absolute atomic E-state index is 5.61. The van der Waals surface area contributed by atoms with Crippen LogP contribution in [0.3, 0.4) is 0 Å². The van der Waals surface area contributed by atoms with Gasteiger partial charge in [-0.3, -0.25) is 4.90 Å². The minimum atomic E-state index is 0.321. The number of hydrogen-bond donors (Lipinski definition) is 2. The molecule has 0 aliphatic heterocycles. The Kier molecular flexibility index (Phi) is 5.34. The van der Waals surface area contributed by atoms with Crippen LogP contribution in [0.2, 0.25) is 0 Å². The van der Waals surface area contributed by atoms with Crippen molar-refractivity contribution in [2.45, 2.75) is 46.7 Å². The molecule has 0 saturated heterocycles. The molecule has 0 aromatic carbocycles. The second-order valence-corrected chi connectivity index (χ2v) is 5.10. The molecule has 0 unspecified atom stereocenters. The quantitative estimate of drug-likeness (QED) is 0.808. The Labute approximate surface area is 110 Å². The number of aryl methyl sites for hydroxylation is 1. The second kappa shape index (κ2) is 6.54. The smallest absolute Gasteiger partial charge is 0.222 e. The van der Waals surface area contributed by atoms with Gasteiger partial charge in [-0.25, -0.2) is 4.98 Å². The van der Waals surface area contributed by atoms with Crippen molar-refractivity contribution in [3.8, 4) is 0 Å².